The molecule has 1 aliphatic rings. The lowest BCUT2D eigenvalue weighted by atomic mass is 9.95. The van der Waals surface area contributed by atoms with Crippen LogP contribution in [0.5, 0.6) is 0 Å². The van der Waals surface area contributed by atoms with Crippen molar-refractivity contribution in [3.63, 3.8) is 0 Å². The average molecular weight is 313 g/mol. The molecular weight excluding hydrogens is 294 g/mol. The highest BCUT2D eigenvalue weighted by Gasteiger charge is 2.19. The van der Waals surface area contributed by atoms with Gasteiger partial charge >= 0.3 is 0 Å². The summed E-state index contributed by atoms with van der Waals surface area (Å²) in [6.45, 7) is 4.09. The van der Waals surface area contributed by atoms with E-state index in [0.717, 1.165) is 31.9 Å². The van der Waals surface area contributed by atoms with Crippen molar-refractivity contribution in [2.24, 2.45) is 0 Å². The number of hydrogen-bond acceptors (Lipinski definition) is 6. The number of fused-ring (bicyclic) bond motifs is 3. The van der Waals surface area contributed by atoms with Crippen molar-refractivity contribution in [2.45, 2.75) is 52.0 Å². The quantitative estimate of drug-likeness (QED) is 0.775. The minimum Gasteiger partial charge on any atom is -0.366 e. The lowest BCUT2D eigenvalue weighted by molar-refractivity contribution is 0.462. The highest BCUT2D eigenvalue weighted by atomic mass is 32.1. The van der Waals surface area contributed by atoms with Gasteiger partial charge in [0.1, 0.15) is 17.0 Å². The van der Waals surface area contributed by atoms with Gasteiger partial charge in [-0.15, -0.1) is 16.4 Å². The Morgan fingerprint density at radius 3 is 2.73 bits per heavy atom. The first kappa shape index (κ1) is 13.8. The number of nitrogens with one attached hydrogen (secondary N) is 1. The molecule has 3 aromatic rings. The summed E-state index contributed by atoms with van der Waals surface area (Å²) >= 11 is 1.64. The SMILES string of the molecule is Cc1nnc2sc3c(NC4CCCCC4)ncnc3c2c1C. The number of aromatic nitrogens is 4. The second kappa shape index (κ2) is 5.43. The smallest absolute Gasteiger partial charge is 0.149 e. The maximum Gasteiger partial charge on any atom is 0.149 e. The van der Waals surface area contributed by atoms with E-state index < -0.39 is 0 Å². The number of nitrogens with zero attached hydrogens (tertiary/aromatic N) is 4. The summed E-state index contributed by atoms with van der Waals surface area (Å²) in [6.07, 6.45) is 8.09. The zero-order chi connectivity index (χ0) is 15.1. The van der Waals surface area contributed by atoms with Gasteiger partial charge in [-0.25, -0.2) is 9.97 Å². The molecule has 0 amide bonds. The van der Waals surface area contributed by atoms with Crippen molar-refractivity contribution in [1.29, 1.82) is 0 Å². The van der Waals surface area contributed by atoms with E-state index in [0.29, 0.717) is 6.04 Å². The van der Waals surface area contributed by atoms with Gasteiger partial charge < -0.3 is 5.32 Å². The molecule has 1 aliphatic carbocycles. The van der Waals surface area contributed by atoms with Crippen molar-refractivity contribution in [3.05, 3.63) is 17.6 Å². The summed E-state index contributed by atoms with van der Waals surface area (Å²) in [5, 5.41) is 13.3. The Labute approximate surface area is 133 Å². The Bertz CT molecular complexity index is 835. The first-order chi connectivity index (χ1) is 10.7. The third kappa shape index (κ3) is 2.22. The fourth-order valence-corrected chi connectivity index (χ4v) is 4.31. The van der Waals surface area contributed by atoms with Crippen LogP contribution in [0.1, 0.15) is 43.4 Å². The van der Waals surface area contributed by atoms with E-state index in [1.54, 1.807) is 17.7 Å². The standard InChI is InChI=1S/C16H19N5S/c1-9-10(2)20-21-16-12(9)13-14(22-16)15(18-8-17-13)19-11-6-4-3-5-7-11/h8,11H,3-7H2,1-2H3,(H,17,18,19). The molecule has 0 aromatic carbocycles. The summed E-state index contributed by atoms with van der Waals surface area (Å²) in [6, 6.07) is 0.533. The molecule has 1 fully saturated rings. The Morgan fingerprint density at radius 2 is 1.91 bits per heavy atom. The van der Waals surface area contributed by atoms with E-state index in [4.69, 9.17) is 0 Å². The van der Waals surface area contributed by atoms with Gasteiger partial charge in [0.15, 0.2) is 0 Å². The molecule has 6 heteroatoms. The maximum absolute atomic E-state index is 4.52. The van der Waals surface area contributed by atoms with Gasteiger partial charge in [-0.1, -0.05) is 19.3 Å². The van der Waals surface area contributed by atoms with Gasteiger partial charge in [0.25, 0.3) is 0 Å². The van der Waals surface area contributed by atoms with E-state index >= 15 is 0 Å². The molecule has 0 spiro atoms. The molecule has 0 radical (unpaired) electrons. The van der Waals surface area contributed by atoms with Crippen molar-refractivity contribution >= 4 is 37.6 Å². The zero-order valence-electron chi connectivity index (χ0n) is 12.9. The van der Waals surface area contributed by atoms with Gasteiger partial charge in [-0.2, -0.15) is 5.10 Å². The number of thiophene rings is 1. The molecule has 5 nitrogen and oxygen atoms in total. The van der Waals surface area contributed by atoms with Crippen molar-refractivity contribution in [1.82, 2.24) is 20.2 Å². The maximum atomic E-state index is 4.52. The van der Waals surface area contributed by atoms with Crippen molar-refractivity contribution < 1.29 is 0 Å². The molecule has 4 rings (SSSR count). The Kier molecular flexibility index (Phi) is 3.41. The van der Waals surface area contributed by atoms with E-state index in [-0.39, 0.29) is 0 Å². The summed E-state index contributed by atoms with van der Waals surface area (Å²) in [7, 11) is 0. The van der Waals surface area contributed by atoms with Crippen LogP contribution < -0.4 is 5.32 Å². The van der Waals surface area contributed by atoms with Crippen LogP contribution in [0.2, 0.25) is 0 Å². The first-order valence-electron chi connectivity index (χ1n) is 7.87. The average Bonchev–Trinajstić information content (AvgIpc) is 2.92. The van der Waals surface area contributed by atoms with Crippen LogP contribution in [-0.4, -0.2) is 26.2 Å². The molecule has 114 valence electrons. The molecule has 0 unspecified atom stereocenters. The molecule has 3 aromatic heterocycles. The predicted molar refractivity (Wildman–Crippen MR) is 90.5 cm³/mol. The molecule has 22 heavy (non-hydrogen) atoms. The first-order valence-corrected chi connectivity index (χ1v) is 8.69. The van der Waals surface area contributed by atoms with E-state index in [1.165, 1.54) is 37.7 Å². The van der Waals surface area contributed by atoms with Crippen LogP contribution in [0.25, 0.3) is 20.4 Å². The van der Waals surface area contributed by atoms with Gasteiger partial charge in [0.2, 0.25) is 0 Å². The molecule has 0 saturated heterocycles. The van der Waals surface area contributed by atoms with Crippen LogP contribution in [-0.2, 0) is 0 Å². The third-order valence-electron chi connectivity index (χ3n) is 4.61. The van der Waals surface area contributed by atoms with Gasteiger partial charge in [0.05, 0.1) is 15.9 Å². The number of hydrogen-bond donors (Lipinski definition) is 1. The van der Waals surface area contributed by atoms with E-state index in [9.17, 15) is 0 Å². The second-order valence-electron chi connectivity index (χ2n) is 6.07. The van der Waals surface area contributed by atoms with Gasteiger partial charge in [-0.3, -0.25) is 0 Å². The number of anilines is 1. The molecular formula is C16H19N5S. The molecule has 1 N–H and O–H groups in total. The largest absolute Gasteiger partial charge is 0.366 e. The summed E-state index contributed by atoms with van der Waals surface area (Å²) in [5.74, 6) is 0.956. The zero-order valence-corrected chi connectivity index (χ0v) is 13.7. The predicted octanol–water partition coefficient (Wildman–Crippen LogP) is 4.00. The van der Waals surface area contributed by atoms with Crippen LogP contribution in [0.15, 0.2) is 6.33 Å². The molecule has 0 atom stereocenters. The summed E-state index contributed by atoms with van der Waals surface area (Å²) in [5.41, 5.74) is 3.13. The third-order valence-corrected chi connectivity index (χ3v) is 5.68. The van der Waals surface area contributed by atoms with Gasteiger partial charge in [0, 0.05) is 11.4 Å². The van der Waals surface area contributed by atoms with E-state index in [2.05, 4.69) is 32.4 Å². The Balaban J connectivity index is 1.84. The fourth-order valence-electron chi connectivity index (χ4n) is 3.23. The number of aryl methyl sites for hydroxylation is 2. The molecule has 0 bridgehead atoms. The molecule has 0 aliphatic heterocycles. The monoisotopic (exact) mass is 313 g/mol. The summed E-state index contributed by atoms with van der Waals surface area (Å²) in [4.78, 5) is 9.95. The van der Waals surface area contributed by atoms with E-state index in [1.807, 2.05) is 6.92 Å². The highest BCUT2D eigenvalue weighted by molar-refractivity contribution is 7.25. The molecule has 1 saturated carbocycles. The minimum atomic E-state index is 0.533. The second-order valence-corrected chi connectivity index (χ2v) is 7.07. The Morgan fingerprint density at radius 1 is 1.09 bits per heavy atom. The van der Waals surface area contributed by atoms with Crippen LogP contribution in [0.3, 0.4) is 0 Å². The highest BCUT2D eigenvalue weighted by Crippen LogP contribution is 2.37. The van der Waals surface area contributed by atoms with Crippen LogP contribution >= 0.6 is 11.3 Å². The fraction of sp³-hybridized carbons (Fsp3) is 0.500. The topological polar surface area (TPSA) is 63.6 Å². The van der Waals surface area contributed by atoms with Crippen LogP contribution in [0.4, 0.5) is 5.82 Å². The van der Waals surface area contributed by atoms with Crippen LogP contribution in [0, 0.1) is 13.8 Å². The normalized spacial score (nSPS) is 16.5. The van der Waals surface area contributed by atoms with Gasteiger partial charge in [-0.05, 0) is 32.3 Å². The number of rotatable bonds is 2. The minimum absolute atomic E-state index is 0.533. The van der Waals surface area contributed by atoms with Crippen molar-refractivity contribution in [2.75, 3.05) is 5.32 Å². The molecule has 3 heterocycles. The van der Waals surface area contributed by atoms with Crippen molar-refractivity contribution in [3.8, 4) is 0 Å². The lowest BCUT2D eigenvalue weighted by Gasteiger charge is -2.23. The summed E-state index contributed by atoms with van der Waals surface area (Å²) < 4.78 is 1.10. The Hall–Kier alpha value is -1.82. The lowest BCUT2D eigenvalue weighted by Crippen LogP contribution is -2.22.